The van der Waals surface area contributed by atoms with Gasteiger partial charge in [-0.3, -0.25) is 19.1 Å². The Morgan fingerprint density at radius 3 is 2.69 bits per heavy atom. The molecule has 1 amide bonds. The Kier molecular flexibility index (Phi) is 5.52. The molecule has 0 spiro atoms. The van der Waals surface area contributed by atoms with Crippen LogP contribution in [0.1, 0.15) is 34.7 Å². The second-order valence-electron chi connectivity index (χ2n) is 7.78. The quantitative estimate of drug-likeness (QED) is 0.698. The number of carbonyl (C=O) groups is 1. The average Bonchev–Trinajstić information content (AvgIpc) is 3.27. The van der Waals surface area contributed by atoms with Crippen molar-refractivity contribution in [3.05, 3.63) is 56.4 Å². The fraction of sp³-hybridized carbons (Fsp3) is 0.409. The fourth-order valence-corrected chi connectivity index (χ4v) is 4.90. The molecule has 29 heavy (non-hydrogen) atoms. The number of rotatable bonds is 5. The molecular weight excluding hydrogens is 384 g/mol. The number of aryl methyl sites for hydroxylation is 3. The molecule has 4 rings (SSSR count). The number of fused-ring (bicyclic) bond motifs is 1. The topological polar surface area (TPSA) is 67.2 Å². The lowest BCUT2D eigenvalue weighted by Gasteiger charge is -2.18. The molecule has 1 aliphatic heterocycles. The molecule has 0 unspecified atom stereocenters. The Bertz CT molecular complexity index is 1130. The lowest BCUT2D eigenvalue weighted by molar-refractivity contribution is -0.116. The van der Waals surface area contributed by atoms with Gasteiger partial charge in [0.05, 0.1) is 11.9 Å². The van der Waals surface area contributed by atoms with E-state index in [-0.39, 0.29) is 18.0 Å². The van der Waals surface area contributed by atoms with Gasteiger partial charge in [-0.2, -0.15) is 0 Å². The van der Waals surface area contributed by atoms with Crippen molar-refractivity contribution >= 4 is 33.1 Å². The Morgan fingerprint density at radius 1 is 1.21 bits per heavy atom. The first kappa shape index (κ1) is 19.8. The number of benzene rings is 1. The third-order valence-electron chi connectivity index (χ3n) is 5.54. The third kappa shape index (κ3) is 4.11. The fourth-order valence-electron chi connectivity index (χ4n) is 3.86. The van der Waals surface area contributed by atoms with E-state index in [0.29, 0.717) is 17.8 Å². The lowest BCUT2D eigenvalue weighted by Crippen LogP contribution is -2.33. The monoisotopic (exact) mass is 410 g/mol. The molecule has 0 aliphatic carbocycles. The highest BCUT2D eigenvalue weighted by molar-refractivity contribution is 7.18. The molecule has 1 N–H and O–H groups in total. The SMILES string of the molecule is Cc1cccc(NC(=O)Cn2c(CN3CCCC3)nc3sc(C)c(C)c3c2=O)c1. The van der Waals surface area contributed by atoms with E-state index < -0.39 is 0 Å². The second-order valence-corrected chi connectivity index (χ2v) is 8.99. The first-order chi connectivity index (χ1) is 13.9. The number of hydrogen-bond donors (Lipinski definition) is 1. The molecule has 7 heteroatoms. The third-order valence-corrected chi connectivity index (χ3v) is 6.64. The highest BCUT2D eigenvalue weighted by atomic mass is 32.1. The highest BCUT2D eigenvalue weighted by Gasteiger charge is 2.21. The Labute approximate surface area is 174 Å². The van der Waals surface area contributed by atoms with Crippen LogP contribution in [0.3, 0.4) is 0 Å². The summed E-state index contributed by atoms with van der Waals surface area (Å²) in [6.45, 7) is 8.52. The molecule has 1 saturated heterocycles. The normalized spacial score (nSPS) is 14.6. The molecule has 0 atom stereocenters. The van der Waals surface area contributed by atoms with Crippen LogP contribution in [0.5, 0.6) is 0 Å². The number of likely N-dealkylation sites (tertiary alicyclic amines) is 1. The number of carbonyl (C=O) groups excluding carboxylic acids is 1. The first-order valence-corrected chi connectivity index (χ1v) is 10.8. The summed E-state index contributed by atoms with van der Waals surface area (Å²) < 4.78 is 1.56. The first-order valence-electron chi connectivity index (χ1n) is 10.0. The molecule has 0 bridgehead atoms. The minimum absolute atomic E-state index is 0.0345. The predicted octanol–water partition coefficient (Wildman–Crippen LogP) is 3.62. The lowest BCUT2D eigenvalue weighted by atomic mass is 10.2. The summed E-state index contributed by atoms with van der Waals surface area (Å²) in [6.07, 6.45) is 2.33. The molecule has 3 aromatic rings. The van der Waals surface area contributed by atoms with Gasteiger partial charge in [0.2, 0.25) is 5.91 Å². The van der Waals surface area contributed by atoms with Crippen molar-refractivity contribution in [1.82, 2.24) is 14.5 Å². The van der Waals surface area contributed by atoms with Gasteiger partial charge in [0.25, 0.3) is 5.56 Å². The van der Waals surface area contributed by atoms with Crippen molar-refractivity contribution in [2.45, 2.75) is 46.7 Å². The van der Waals surface area contributed by atoms with Crippen LogP contribution in [-0.2, 0) is 17.9 Å². The van der Waals surface area contributed by atoms with E-state index in [2.05, 4.69) is 10.2 Å². The van der Waals surface area contributed by atoms with E-state index in [4.69, 9.17) is 4.98 Å². The average molecular weight is 411 g/mol. The Balaban J connectivity index is 1.70. The molecule has 152 valence electrons. The van der Waals surface area contributed by atoms with Crippen LogP contribution >= 0.6 is 11.3 Å². The van der Waals surface area contributed by atoms with E-state index in [9.17, 15) is 9.59 Å². The maximum Gasteiger partial charge on any atom is 0.263 e. The van der Waals surface area contributed by atoms with Crippen molar-refractivity contribution in [2.75, 3.05) is 18.4 Å². The summed E-state index contributed by atoms with van der Waals surface area (Å²) in [4.78, 5) is 35.1. The summed E-state index contributed by atoms with van der Waals surface area (Å²) in [5.41, 5.74) is 2.65. The molecule has 2 aromatic heterocycles. The van der Waals surface area contributed by atoms with Gasteiger partial charge < -0.3 is 5.32 Å². The summed E-state index contributed by atoms with van der Waals surface area (Å²) >= 11 is 1.55. The van der Waals surface area contributed by atoms with Gasteiger partial charge in [0, 0.05) is 10.6 Å². The van der Waals surface area contributed by atoms with Crippen LogP contribution < -0.4 is 10.9 Å². The van der Waals surface area contributed by atoms with Gasteiger partial charge in [-0.05, 0) is 70.0 Å². The summed E-state index contributed by atoms with van der Waals surface area (Å²) in [7, 11) is 0. The van der Waals surface area contributed by atoms with Crippen molar-refractivity contribution in [3.63, 3.8) is 0 Å². The molecule has 3 heterocycles. The van der Waals surface area contributed by atoms with Crippen LogP contribution in [0, 0.1) is 20.8 Å². The predicted molar refractivity (Wildman–Crippen MR) is 118 cm³/mol. The smallest absolute Gasteiger partial charge is 0.263 e. The van der Waals surface area contributed by atoms with Gasteiger partial charge in [0.1, 0.15) is 17.2 Å². The molecule has 0 saturated carbocycles. The van der Waals surface area contributed by atoms with Crippen molar-refractivity contribution in [1.29, 1.82) is 0 Å². The highest BCUT2D eigenvalue weighted by Crippen LogP contribution is 2.26. The van der Waals surface area contributed by atoms with E-state index in [0.717, 1.165) is 52.5 Å². The number of aromatic nitrogens is 2. The molecule has 1 aliphatic rings. The maximum absolute atomic E-state index is 13.3. The number of amides is 1. The summed E-state index contributed by atoms with van der Waals surface area (Å²) in [5.74, 6) is 0.455. The minimum atomic E-state index is -0.217. The number of nitrogens with one attached hydrogen (secondary N) is 1. The molecule has 1 fully saturated rings. The number of nitrogens with zero attached hydrogens (tertiary/aromatic N) is 3. The van der Waals surface area contributed by atoms with Gasteiger partial charge in [-0.15, -0.1) is 11.3 Å². The summed E-state index contributed by atoms with van der Waals surface area (Å²) in [5, 5.41) is 3.55. The van der Waals surface area contributed by atoms with Crippen LogP contribution in [-0.4, -0.2) is 33.4 Å². The molecule has 6 nitrogen and oxygen atoms in total. The minimum Gasteiger partial charge on any atom is -0.325 e. The number of thiophene rings is 1. The number of hydrogen-bond acceptors (Lipinski definition) is 5. The Hall–Kier alpha value is -2.51. The van der Waals surface area contributed by atoms with Gasteiger partial charge in [-0.1, -0.05) is 12.1 Å². The van der Waals surface area contributed by atoms with E-state index in [1.807, 2.05) is 45.0 Å². The van der Waals surface area contributed by atoms with Crippen LogP contribution in [0.15, 0.2) is 29.1 Å². The van der Waals surface area contributed by atoms with E-state index in [1.54, 1.807) is 15.9 Å². The summed E-state index contributed by atoms with van der Waals surface area (Å²) in [6, 6.07) is 7.65. The zero-order valence-electron chi connectivity index (χ0n) is 17.1. The van der Waals surface area contributed by atoms with Gasteiger partial charge in [0.15, 0.2) is 0 Å². The van der Waals surface area contributed by atoms with Crippen LogP contribution in [0.4, 0.5) is 5.69 Å². The second kappa shape index (κ2) is 8.08. The van der Waals surface area contributed by atoms with Crippen LogP contribution in [0.2, 0.25) is 0 Å². The number of anilines is 1. The molecule has 1 aromatic carbocycles. The van der Waals surface area contributed by atoms with Crippen molar-refractivity contribution in [3.8, 4) is 0 Å². The Morgan fingerprint density at radius 2 is 1.97 bits per heavy atom. The maximum atomic E-state index is 13.3. The van der Waals surface area contributed by atoms with Crippen molar-refractivity contribution in [2.24, 2.45) is 0 Å². The molecular formula is C22H26N4O2S. The largest absolute Gasteiger partial charge is 0.325 e. The van der Waals surface area contributed by atoms with Gasteiger partial charge >= 0.3 is 0 Å². The van der Waals surface area contributed by atoms with Crippen molar-refractivity contribution < 1.29 is 4.79 Å². The zero-order valence-corrected chi connectivity index (χ0v) is 17.9. The molecule has 0 radical (unpaired) electrons. The zero-order chi connectivity index (χ0) is 20.5. The van der Waals surface area contributed by atoms with Crippen LogP contribution in [0.25, 0.3) is 10.2 Å². The van der Waals surface area contributed by atoms with E-state index >= 15 is 0 Å². The van der Waals surface area contributed by atoms with Gasteiger partial charge in [-0.25, -0.2) is 4.98 Å². The van der Waals surface area contributed by atoms with E-state index in [1.165, 1.54) is 0 Å². The standard InChI is InChI=1S/C22H26N4O2S/c1-14-7-6-8-17(11-14)23-19(27)13-26-18(12-25-9-4-5-10-25)24-21-20(22(26)28)15(2)16(3)29-21/h6-8,11H,4-5,9-10,12-13H2,1-3H3,(H,23,27).